The molecule has 0 saturated heterocycles. The number of imidazole rings is 1. The van der Waals surface area contributed by atoms with Gasteiger partial charge >= 0.3 is 5.97 Å². The molecule has 1 N–H and O–H groups in total. The van der Waals surface area contributed by atoms with Crippen LogP contribution < -0.4 is 5.56 Å². The first kappa shape index (κ1) is 10.3. The summed E-state index contributed by atoms with van der Waals surface area (Å²) in [6, 6.07) is 0. The lowest BCUT2D eigenvalue weighted by molar-refractivity contribution is -0.141. The predicted molar refractivity (Wildman–Crippen MR) is 54.8 cm³/mol. The molecule has 16 heavy (non-hydrogen) atoms. The second-order valence-electron chi connectivity index (χ2n) is 3.18. The molecule has 0 bridgehead atoms. The number of fused-ring (bicyclic) bond motifs is 1. The van der Waals surface area contributed by atoms with Gasteiger partial charge in [-0.05, 0) is 0 Å². The first-order valence-electron chi connectivity index (χ1n) is 4.70. The normalized spacial score (nSPS) is 10.6. The Bertz CT molecular complexity index is 571. The molecule has 0 unspecified atom stereocenters. The fraction of sp³-hybridized carbons (Fsp3) is 0.333. The van der Waals surface area contributed by atoms with Gasteiger partial charge < -0.3 is 14.3 Å². The summed E-state index contributed by atoms with van der Waals surface area (Å²) in [5.41, 5.74) is 0.506. The number of H-pyrrole nitrogens is 1. The lowest BCUT2D eigenvalue weighted by Crippen LogP contribution is -2.14. The predicted octanol–water partition coefficient (Wildman–Crippen LogP) is -0.317. The molecule has 2 aromatic rings. The summed E-state index contributed by atoms with van der Waals surface area (Å²) in [5, 5.41) is 0. The van der Waals surface area contributed by atoms with Crippen LogP contribution in [0.3, 0.4) is 0 Å². The lowest BCUT2D eigenvalue weighted by Gasteiger charge is -2.03. The molecule has 2 rings (SSSR count). The van der Waals surface area contributed by atoms with Gasteiger partial charge in [-0.2, -0.15) is 0 Å². The third-order valence-electron chi connectivity index (χ3n) is 2.05. The van der Waals surface area contributed by atoms with E-state index in [-0.39, 0.29) is 18.1 Å². The quantitative estimate of drug-likeness (QED) is 0.719. The van der Waals surface area contributed by atoms with Crippen molar-refractivity contribution in [3.63, 3.8) is 0 Å². The highest BCUT2D eigenvalue weighted by Crippen LogP contribution is 2.02. The van der Waals surface area contributed by atoms with Gasteiger partial charge in [-0.25, -0.2) is 9.97 Å². The van der Waals surface area contributed by atoms with Crippen LogP contribution in [-0.4, -0.2) is 32.1 Å². The van der Waals surface area contributed by atoms with Crippen LogP contribution >= 0.6 is 0 Å². The Morgan fingerprint density at radius 1 is 1.56 bits per heavy atom. The van der Waals surface area contributed by atoms with E-state index in [9.17, 15) is 9.59 Å². The second kappa shape index (κ2) is 4.13. The number of ether oxygens (including phenoxy) is 1. The van der Waals surface area contributed by atoms with Crippen LogP contribution in [0.25, 0.3) is 11.2 Å². The topological polar surface area (TPSA) is 89.9 Å². The summed E-state index contributed by atoms with van der Waals surface area (Å²) in [5.74, 6) is -0.351. The highest BCUT2D eigenvalue weighted by atomic mass is 16.5. The summed E-state index contributed by atoms with van der Waals surface area (Å²) >= 11 is 0. The Hall–Kier alpha value is -2.18. The molecular weight excluding hydrogens is 212 g/mol. The summed E-state index contributed by atoms with van der Waals surface area (Å²) in [6.07, 6.45) is 2.80. The van der Waals surface area contributed by atoms with Gasteiger partial charge in [0.2, 0.25) is 0 Å². The summed E-state index contributed by atoms with van der Waals surface area (Å²) in [6.45, 7) is 1.92. The largest absolute Gasteiger partial charge is 0.464 e. The van der Waals surface area contributed by atoms with Crippen LogP contribution in [0.5, 0.6) is 0 Å². The highest BCUT2D eigenvalue weighted by molar-refractivity contribution is 5.69. The number of esters is 1. The van der Waals surface area contributed by atoms with Gasteiger partial charge in [0.15, 0.2) is 11.2 Å². The molecule has 0 fully saturated rings. The van der Waals surface area contributed by atoms with E-state index in [1.807, 2.05) is 0 Å². The zero-order valence-corrected chi connectivity index (χ0v) is 8.64. The molecule has 0 saturated carbocycles. The van der Waals surface area contributed by atoms with Gasteiger partial charge in [0, 0.05) is 6.92 Å². The minimum Gasteiger partial charge on any atom is -0.464 e. The molecule has 0 atom stereocenters. The lowest BCUT2D eigenvalue weighted by atomic mass is 10.5. The van der Waals surface area contributed by atoms with Crippen molar-refractivity contribution in [2.75, 3.05) is 6.61 Å². The number of carbonyl (C=O) groups is 1. The molecule has 84 valence electrons. The van der Waals surface area contributed by atoms with Crippen LogP contribution in [-0.2, 0) is 16.1 Å². The maximum atomic E-state index is 11.5. The molecule has 0 spiro atoms. The summed E-state index contributed by atoms with van der Waals surface area (Å²) in [4.78, 5) is 32.4. The third-order valence-corrected chi connectivity index (χ3v) is 2.05. The Balaban J connectivity index is 2.25. The molecule has 2 aromatic heterocycles. The molecule has 0 aliphatic carbocycles. The van der Waals surface area contributed by atoms with E-state index in [0.29, 0.717) is 17.7 Å². The van der Waals surface area contributed by atoms with Crippen LogP contribution in [0.15, 0.2) is 17.4 Å². The van der Waals surface area contributed by atoms with Crippen molar-refractivity contribution in [2.24, 2.45) is 0 Å². The second-order valence-corrected chi connectivity index (χ2v) is 3.18. The highest BCUT2D eigenvalue weighted by Gasteiger charge is 2.07. The minimum absolute atomic E-state index is 0.203. The number of nitrogens with one attached hydrogen (secondary N) is 1. The number of hydrogen-bond acceptors (Lipinski definition) is 5. The van der Waals surface area contributed by atoms with Gasteiger partial charge in [0.25, 0.3) is 5.56 Å². The average molecular weight is 222 g/mol. The molecule has 0 aliphatic rings. The van der Waals surface area contributed by atoms with Crippen LogP contribution in [0.2, 0.25) is 0 Å². The van der Waals surface area contributed by atoms with E-state index in [0.717, 1.165) is 0 Å². The number of aromatic amines is 1. The van der Waals surface area contributed by atoms with E-state index in [1.54, 1.807) is 4.57 Å². The fourth-order valence-corrected chi connectivity index (χ4v) is 1.38. The number of rotatable bonds is 3. The molecule has 0 aliphatic heterocycles. The van der Waals surface area contributed by atoms with Gasteiger partial charge in [0.05, 0.1) is 19.2 Å². The Kier molecular flexibility index (Phi) is 2.67. The fourth-order valence-electron chi connectivity index (χ4n) is 1.38. The van der Waals surface area contributed by atoms with Crippen molar-refractivity contribution in [1.82, 2.24) is 19.5 Å². The Labute approximate surface area is 90.1 Å². The van der Waals surface area contributed by atoms with Crippen molar-refractivity contribution in [3.05, 3.63) is 23.0 Å². The first-order chi connectivity index (χ1) is 7.68. The van der Waals surface area contributed by atoms with E-state index < -0.39 is 0 Å². The van der Waals surface area contributed by atoms with E-state index >= 15 is 0 Å². The van der Waals surface area contributed by atoms with E-state index in [1.165, 1.54) is 19.6 Å². The third kappa shape index (κ3) is 1.92. The number of hydrogen-bond donors (Lipinski definition) is 1. The van der Waals surface area contributed by atoms with Gasteiger partial charge in [-0.3, -0.25) is 9.59 Å². The molecular formula is C9H10N4O3. The standard InChI is InChI=1S/C9H10N4O3/c1-6(14)16-3-2-13-5-12-8-7(13)9(15)11-4-10-8/h4-5H,2-3H2,1H3,(H,10,11,15). The molecule has 7 heteroatoms. The van der Waals surface area contributed by atoms with Crippen molar-refractivity contribution in [3.8, 4) is 0 Å². The summed E-state index contributed by atoms with van der Waals surface area (Å²) < 4.78 is 6.39. The zero-order chi connectivity index (χ0) is 11.5. The number of nitrogens with zero attached hydrogens (tertiary/aromatic N) is 3. The van der Waals surface area contributed by atoms with Crippen molar-refractivity contribution in [2.45, 2.75) is 13.5 Å². The smallest absolute Gasteiger partial charge is 0.302 e. The van der Waals surface area contributed by atoms with Gasteiger partial charge in [0.1, 0.15) is 6.61 Å². The number of carbonyl (C=O) groups excluding carboxylic acids is 1. The first-order valence-corrected chi connectivity index (χ1v) is 4.70. The minimum atomic E-state index is -0.351. The van der Waals surface area contributed by atoms with E-state index in [4.69, 9.17) is 4.74 Å². The average Bonchev–Trinajstić information content (AvgIpc) is 2.62. The molecule has 0 radical (unpaired) electrons. The molecule has 0 amide bonds. The van der Waals surface area contributed by atoms with Crippen molar-refractivity contribution >= 4 is 17.1 Å². The maximum absolute atomic E-state index is 11.5. The van der Waals surface area contributed by atoms with Gasteiger partial charge in [-0.1, -0.05) is 0 Å². The monoisotopic (exact) mass is 222 g/mol. The van der Waals surface area contributed by atoms with E-state index in [2.05, 4.69) is 15.0 Å². The van der Waals surface area contributed by atoms with Crippen LogP contribution in [0.1, 0.15) is 6.92 Å². The Morgan fingerprint density at radius 2 is 2.38 bits per heavy atom. The molecule has 7 nitrogen and oxygen atoms in total. The van der Waals surface area contributed by atoms with Crippen LogP contribution in [0, 0.1) is 0 Å². The SMILES string of the molecule is CC(=O)OCCn1cnc2nc[nH]c(=O)c21. The maximum Gasteiger partial charge on any atom is 0.302 e. The number of aromatic nitrogens is 4. The summed E-state index contributed by atoms with van der Waals surface area (Å²) in [7, 11) is 0. The molecule has 2 heterocycles. The Morgan fingerprint density at radius 3 is 3.12 bits per heavy atom. The molecule has 0 aromatic carbocycles. The zero-order valence-electron chi connectivity index (χ0n) is 8.64. The van der Waals surface area contributed by atoms with Crippen molar-refractivity contribution in [1.29, 1.82) is 0 Å². The van der Waals surface area contributed by atoms with Crippen molar-refractivity contribution < 1.29 is 9.53 Å². The van der Waals surface area contributed by atoms with Gasteiger partial charge in [-0.15, -0.1) is 0 Å². The van der Waals surface area contributed by atoms with Crippen LogP contribution in [0.4, 0.5) is 0 Å².